The van der Waals surface area contributed by atoms with Crippen LogP contribution in [0.1, 0.15) is 18.0 Å². The van der Waals surface area contributed by atoms with Crippen LogP contribution in [0, 0.1) is 10.1 Å². The van der Waals surface area contributed by atoms with Crippen molar-refractivity contribution in [2.75, 3.05) is 32.8 Å². The minimum atomic E-state index is -0.391. The molecule has 1 fully saturated rings. The van der Waals surface area contributed by atoms with Crippen LogP contribution in [0.2, 0.25) is 5.02 Å². The summed E-state index contributed by atoms with van der Waals surface area (Å²) in [7, 11) is 0. The lowest BCUT2D eigenvalue weighted by atomic mass is 9.99. The summed E-state index contributed by atoms with van der Waals surface area (Å²) in [4.78, 5) is 13.0. The first-order valence-corrected chi connectivity index (χ1v) is 7.00. The third kappa shape index (κ3) is 3.46. The molecule has 2 rings (SSSR count). The van der Waals surface area contributed by atoms with Gasteiger partial charge in [0.1, 0.15) is 0 Å². The van der Waals surface area contributed by atoms with E-state index >= 15 is 0 Å². The lowest BCUT2D eigenvalue weighted by Crippen LogP contribution is -2.45. The lowest BCUT2D eigenvalue weighted by molar-refractivity contribution is -0.386. The lowest BCUT2D eigenvalue weighted by Gasteiger charge is -2.34. The molecule has 110 valence electrons. The van der Waals surface area contributed by atoms with Crippen molar-refractivity contribution in [3.8, 4) is 0 Å². The largest absolute Gasteiger partial charge is 0.396 e. The van der Waals surface area contributed by atoms with E-state index in [0.29, 0.717) is 17.0 Å². The molecule has 2 N–H and O–H groups in total. The number of nitro benzene ring substituents is 1. The molecule has 0 radical (unpaired) electrons. The van der Waals surface area contributed by atoms with E-state index in [4.69, 9.17) is 11.6 Å². The number of nitro groups is 1. The van der Waals surface area contributed by atoms with Crippen molar-refractivity contribution < 1.29 is 10.0 Å². The fourth-order valence-electron chi connectivity index (χ4n) is 2.61. The number of piperazine rings is 1. The topological polar surface area (TPSA) is 78.6 Å². The molecule has 0 spiro atoms. The summed E-state index contributed by atoms with van der Waals surface area (Å²) in [6.07, 6.45) is 0.460. The fraction of sp³-hybridized carbons (Fsp3) is 0.538. The van der Waals surface area contributed by atoms with Gasteiger partial charge in [-0.3, -0.25) is 15.0 Å². The van der Waals surface area contributed by atoms with Crippen LogP contribution < -0.4 is 5.32 Å². The van der Waals surface area contributed by atoms with Gasteiger partial charge >= 0.3 is 0 Å². The van der Waals surface area contributed by atoms with Crippen molar-refractivity contribution >= 4 is 17.3 Å². The third-order valence-corrected chi connectivity index (χ3v) is 3.78. The Kier molecular flexibility index (Phi) is 5.31. The number of benzene rings is 1. The number of hydrogen-bond donors (Lipinski definition) is 2. The molecule has 0 amide bonds. The zero-order valence-corrected chi connectivity index (χ0v) is 11.8. The van der Waals surface area contributed by atoms with Gasteiger partial charge in [0.25, 0.3) is 5.69 Å². The number of rotatable bonds is 5. The summed E-state index contributed by atoms with van der Waals surface area (Å²) in [6.45, 7) is 3.27. The minimum absolute atomic E-state index is 0.0156. The summed E-state index contributed by atoms with van der Waals surface area (Å²) in [5.41, 5.74) is 0.643. The highest BCUT2D eigenvalue weighted by atomic mass is 35.5. The van der Waals surface area contributed by atoms with Gasteiger partial charge in [-0.1, -0.05) is 11.6 Å². The second-order valence-corrected chi connectivity index (χ2v) is 5.21. The maximum absolute atomic E-state index is 11.2. The number of aliphatic hydroxyl groups is 1. The summed E-state index contributed by atoms with van der Waals surface area (Å²) < 4.78 is 0. The fourth-order valence-corrected chi connectivity index (χ4v) is 2.79. The van der Waals surface area contributed by atoms with E-state index in [9.17, 15) is 15.2 Å². The number of nitrogens with zero attached hydrogens (tertiary/aromatic N) is 2. The van der Waals surface area contributed by atoms with Crippen LogP contribution in [-0.2, 0) is 0 Å². The van der Waals surface area contributed by atoms with E-state index in [-0.39, 0.29) is 18.3 Å². The Morgan fingerprint density at radius 3 is 2.75 bits per heavy atom. The zero-order valence-electron chi connectivity index (χ0n) is 11.1. The molecular formula is C13H18ClN3O3. The van der Waals surface area contributed by atoms with Crippen molar-refractivity contribution in [3.05, 3.63) is 38.9 Å². The number of aliphatic hydroxyl groups excluding tert-OH is 1. The first kappa shape index (κ1) is 15.2. The van der Waals surface area contributed by atoms with Gasteiger partial charge in [0.05, 0.1) is 4.92 Å². The molecule has 6 nitrogen and oxygen atoms in total. The Labute approximate surface area is 122 Å². The molecule has 1 aliphatic heterocycles. The molecule has 1 saturated heterocycles. The van der Waals surface area contributed by atoms with Gasteiger partial charge in [0, 0.05) is 55.5 Å². The van der Waals surface area contributed by atoms with Crippen molar-refractivity contribution in [2.45, 2.75) is 12.5 Å². The standard InChI is InChI=1S/C13H18ClN3O3/c14-10-1-2-13(17(19)20)11(9-10)12(3-8-18)16-6-4-15-5-7-16/h1-2,9,12,15,18H,3-8H2/t12-/m0/s1. The Morgan fingerprint density at radius 2 is 2.15 bits per heavy atom. The average Bonchev–Trinajstić information content (AvgIpc) is 2.45. The van der Waals surface area contributed by atoms with Crippen LogP contribution in [0.3, 0.4) is 0 Å². The molecule has 0 aliphatic carbocycles. The predicted octanol–water partition coefficient (Wildman–Crippen LogP) is 1.58. The van der Waals surface area contributed by atoms with E-state index < -0.39 is 4.92 Å². The maximum Gasteiger partial charge on any atom is 0.274 e. The molecule has 20 heavy (non-hydrogen) atoms. The second kappa shape index (κ2) is 6.99. The molecule has 0 unspecified atom stereocenters. The Morgan fingerprint density at radius 1 is 1.45 bits per heavy atom. The van der Waals surface area contributed by atoms with Crippen LogP contribution in [0.4, 0.5) is 5.69 Å². The van der Waals surface area contributed by atoms with Crippen LogP contribution in [0.5, 0.6) is 0 Å². The molecule has 1 aromatic carbocycles. The number of halogens is 1. The highest BCUT2D eigenvalue weighted by Crippen LogP contribution is 2.33. The first-order valence-electron chi connectivity index (χ1n) is 6.63. The Bertz CT molecular complexity index is 478. The van der Waals surface area contributed by atoms with Gasteiger partial charge in [-0.25, -0.2) is 0 Å². The van der Waals surface area contributed by atoms with Crippen LogP contribution in [-0.4, -0.2) is 47.7 Å². The minimum Gasteiger partial charge on any atom is -0.396 e. The SMILES string of the molecule is O=[N+]([O-])c1ccc(Cl)cc1[C@H](CCO)N1CCNCC1. The Balaban J connectivity index is 2.36. The number of nitrogens with one attached hydrogen (secondary N) is 1. The maximum atomic E-state index is 11.2. The third-order valence-electron chi connectivity index (χ3n) is 3.54. The quantitative estimate of drug-likeness (QED) is 0.637. The molecule has 1 aromatic rings. The predicted molar refractivity (Wildman–Crippen MR) is 77.0 cm³/mol. The van der Waals surface area contributed by atoms with Crippen molar-refractivity contribution in [3.63, 3.8) is 0 Å². The molecule has 0 aromatic heterocycles. The van der Waals surface area contributed by atoms with E-state index in [2.05, 4.69) is 10.2 Å². The summed E-state index contributed by atoms with van der Waals surface area (Å²) in [6, 6.07) is 4.42. The van der Waals surface area contributed by atoms with Crippen molar-refractivity contribution in [1.29, 1.82) is 0 Å². The normalized spacial score (nSPS) is 17.9. The average molecular weight is 300 g/mol. The number of hydrogen-bond acceptors (Lipinski definition) is 5. The monoisotopic (exact) mass is 299 g/mol. The molecule has 0 bridgehead atoms. The zero-order chi connectivity index (χ0) is 14.5. The summed E-state index contributed by atoms with van der Waals surface area (Å²) >= 11 is 5.99. The molecule has 1 aliphatic rings. The van der Waals surface area contributed by atoms with E-state index in [1.165, 1.54) is 12.1 Å². The smallest absolute Gasteiger partial charge is 0.274 e. The van der Waals surface area contributed by atoms with Crippen molar-refractivity contribution in [1.82, 2.24) is 10.2 Å². The van der Waals surface area contributed by atoms with Crippen LogP contribution in [0.25, 0.3) is 0 Å². The van der Waals surface area contributed by atoms with E-state index in [1.54, 1.807) is 6.07 Å². The van der Waals surface area contributed by atoms with E-state index in [0.717, 1.165) is 26.2 Å². The highest BCUT2D eigenvalue weighted by molar-refractivity contribution is 6.30. The van der Waals surface area contributed by atoms with Crippen LogP contribution >= 0.6 is 11.6 Å². The van der Waals surface area contributed by atoms with Gasteiger partial charge in [-0.2, -0.15) is 0 Å². The van der Waals surface area contributed by atoms with Crippen molar-refractivity contribution in [2.24, 2.45) is 0 Å². The van der Waals surface area contributed by atoms with E-state index in [1.807, 2.05) is 0 Å². The Hall–Kier alpha value is -1.21. The molecule has 1 atom stereocenters. The molecule has 7 heteroatoms. The first-order chi connectivity index (χ1) is 9.63. The molecule has 0 saturated carbocycles. The van der Waals surface area contributed by atoms with Gasteiger partial charge in [0.15, 0.2) is 0 Å². The summed E-state index contributed by atoms with van der Waals surface area (Å²) in [5.74, 6) is 0. The van der Waals surface area contributed by atoms with Gasteiger partial charge in [-0.05, 0) is 18.6 Å². The highest BCUT2D eigenvalue weighted by Gasteiger charge is 2.28. The molecular weight excluding hydrogens is 282 g/mol. The molecule has 1 heterocycles. The van der Waals surface area contributed by atoms with Crippen LogP contribution in [0.15, 0.2) is 18.2 Å². The second-order valence-electron chi connectivity index (χ2n) is 4.77. The van der Waals surface area contributed by atoms with Gasteiger partial charge < -0.3 is 10.4 Å². The summed E-state index contributed by atoms with van der Waals surface area (Å²) in [5, 5.41) is 24.2. The van der Waals surface area contributed by atoms with Gasteiger partial charge in [-0.15, -0.1) is 0 Å². The van der Waals surface area contributed by atoms with Gasteiger partial charge in [0.2, 0.25) is 0 Å².